The molecule has 0 radical (unpaired) electrons. The van der Waals surface area contributed by atoms with Crippen LogP contribution in [0.15, 0.2) is 54.6 Å². The third-order valence-corrected chi connectivity index (χ3v) is 5.69. The molecule has 26 heavy (non-hydrogen) atoms. The van der Waals surface area contributed by atoms with Crippen LogP contribution < -0.4 is 4.74 Å². The van der Waals surface area contributed by atoms with Crippen LogP contribution in [0.1, 0.15) is 56.9 Å². The highest BCUT2D eigenvalue weighted by atomic mass is 19.1. The molecule has 1 nitrogen and oxygen atoms in total. The standard InChI is InChI=1S/C24H29FO/c1-3-4-5-6-18-7-9-19(10-8-18)20-11-13-21(14-12-20)22-15-16-24(26-2)23(25)17-22/h3-4,11-19H,5-10H2,1-2H3/b4-3+. The Morgan fingerprint density at radius 3 is 2.31 bits per heavy atom. The molecule has 0 aliphatic heterocycles. The zero-order valence-electron chi connectivity index (χ0n) is 15.9. The SMILES string of the molecule is C/C=C/CCC1CCC(c2ccc(-c3ccc(OC)c(F)c3)cc2)CC1. The summed E-state index contributed by atoms with van der Waals surface area (Å²) in [6.45, 7) is 2.10. The quantitative estimate of drug-likeness (QED) is 0.502. The molecular weight excluding hydrogens is 323 g/mol. The number of ether oxygens (including phenoxy) is 1. The predicted octanol–water partition coefficient (Wildman–Crippen LogP) is 7.13. The molecular formula is C24H29FO. The second-order valence-corrected chi connectivity index (χ2v) is 7.34. The Bertz CT molecular complexity index is 724. The van der Waals surface area contributed by atoms with Gasteiger partial charge in [0.15, 0.2) is 11.6 Å². The van der Waals surface area contributed by atoms with E-state index >= 15 is 0 Å². The Balaban J connectivity index is 1.61. The fourth-order valence-corrected chi connectivity index (χ4v) is 4.08. The summed E-state index contributed by atoms with van der Waals surface area (Å²) in [5.41, 5.74) is 3.37. The average Bonchev–Trinajstić information content (AvgIpc) is 2.69. The van der Waals surface area contributed by atoms with E-state index in [1.807, 2.05) is 6.07 Å². The maximum absolute atomic E-state index is 13.9. The number of allylic oxidation sites excluding steroid dienone is 2. The van der Waals surface area contributed by atoms with Gasteiger partial charge in [-0.15, -0.1) is 0 Å². The number of hydrogen-bond acceptors (Lipinski definition) is 1. The van der Waals surface area contributed by atoms with Crippen LogP contribution in [0.4, 0.5) is 4.39 Å². The van der Waals surface area contributed by atoms with Crippen LogP contribution in [-0.2, 0) is 0 Å². The molecule has 1 saturated carbocycles. The van der Waals surface area contributed by atoms with Crippen LogP contribution in [0.5, 0.6) is 5.75 Å². The summed E-state index contributed by atoms with van der Waals surface area (Å²) in [7, 11) is 1.49. The van der Waals surface area contributed by atoms with E-state index in [0.717, 1.165) is 17.0 Å². The van der Waals surface area contributed by atoms with Gasteiger partial charge in [-0.1, -0.05) is 42.5 Å². The summed E-state index contributed by atoms with van der Waals surface area (Å²) in [5.74, 6) is 1.54. The molecule has 2 aromatic rings. The highest BCUT2D eigenvalue weighted by Gasteiger charge is 2.21. The first-order valence-electron chi connectivity index (χ1n) is 9.76. The normalized spacial score (nSPS) is 20.4. The Hall–Kier alpha value is -2.09. The maximum atomic E-state index is 13.9. The van der Waals surface area contributed by atoms with Gasteiger partial charge in [-0.25, -0.2) is 4.39 Å². The molecule has 3 rings (SSSR count). The van der Waals surface area contributed by atoms with E-state index in [2.05, 4.69) is 43.3 Å². The lowest BCUT2D eigenvalue weighted by molar-refractivity contribution is 0.312. The molecule has 0 aromatic heterocycles. The lowest BCUT2D eigenvalue weighted by atomic mass is 9.77. The van der Waals surface area contributed by atoms with Crippen LogP contribution >= 0.6 is 0 Å². The van der Waals surface area contributed by atoms with Crippen molar-refractivity contribution >= 4 is 0 Å². The van der Waals surface area contributed by atoms with Crippen LogP contribution in [0.3, 0.4) is 0 Å². The molecule has 0 heterocycles. The summed E-state index contributed by atoms with van der Waals surface area (Å²) >= 11 is 0. The largest absolute Gasteiger partial charge is 0.494 e. The van der Waals surface area contributed by atoms with Crippen molar-refractivity contribution in [3.05, 3.63) is 66.0 Å². The Labute approximate surface area is 156 Å². The lowest BCUT2D eigenvalue weighted by Crippen LogP contribution is -2.13. The summed E-state index contributed by atoms with van der Waals surface area (Å²) in [6.07, 6.45) is 12.3. The monoisotopic (exact) mass is 352 g/mol. The number of rotatable bonds is 6. The Morgan fingerprint density at radius 2 is 1.69 bits per heavy atom. The molecule has 0 saturated heterocycles. The fraction of sp³-hybridized carbons (Fsp3) is 0.417. The molecule has 0 bridgehead atoms. The van der Waals surface area contributed by atoms with Gasteiger partial charge in [0, 0.05) is 0 Å². The molecule has 2 heteroatoms. The van der Waals surface area contributed by atoms with Gasteiger partial charge < -0.3 is 4.74 Å². The first kappa shape index (κ1) is 18.7. The zero-order chi connectivity index (χ0) is 18.4. The van der Waals surface area contributed by atoms with Crippen molar-refractivity contribution in [2.75, 3.05) is 7.11 Å². The van der Waals surface area contributed by atoms with E-state index < -0.39 is 0 Å². The third kappa shape index (κ3) is 4.55. The first-order valence-corrected chi connectivity index (χ1v) is 9.76. The summed E-state index contributed by atoms with van der Waals surface area (Å²) < 4.78 is 18.9. The van der Waals surface area contributed by atoms with E-state index in [-0.39, 0.29) is 11.6 Å². The van der Waals surface area contributed by atoms with Crippen molar-refractivity contribution < 1.29 is 9.13 Å². The molecule has 0 amide bonds. The second-order valence-electron chi connectivity index (χ2n) is 7.34. The summed E-state index contributed by atoms with van der Waals surface area (Å²) in [6, 6.07) is 13.8. The fourth-order valence-electron chi connectivity index (χ4n) is 4.08. The predicted molar refractivity (Wildman–Crippen MR) is 107 cm³/mol. The molecule has 1 aliphatic carbocycles. The Kier molecular flexibility index (Phi) is 6.49. The van der Waals surface area contributed by atoms with Gasteiger partial charge in [-0.05, 0) is 86.1 Å². The van der Waals surface area contributed by atoms with E-state index in [1.54, 1.807) is 12.1 Å². The van der Waals surface area contributed by atoms with Crippen molar-refractivity contribution in [1.82, 2.24) is 0 Å². The van der Waals surface area contributed by atoms with Crippen molar-refractivity contribution in [1.29, 1.82) is 0 Å². The second kappa shape index (κ2) is 9.02. The Morgan fingerprint density at radius 1 is 1.00 bits per heavy atom. The number of benzene rings is 2. The number of methoxy groups -OCH3 is 1. The van der Waals surface area contributed by atoms with Gasteiger partial charge in [-0.2, -0.15) is 0 Å². The van der Waals surface area contributed by atoms with Gasteiger partial charge in [0.25, 0.3) is 0 Å². The van der Waals surface area contributed by atoms with Gasteiger partial charge in [-0.3, -0.25) is 0 Å². The van der Waals surface area contributed by atoms with Crippen molar-refractivity contribution in [3.63, 3.8) is 0 Å². The summed E-state index contributed by atoms with van der Waals surface area (Å²) in [5, 5.41) is 0. The third-order valence-electron chi connectivity index (χ3n) is 5.69. The molecule has 138 valence electrons. The van der Waals surface area contributed by atoms with E-state index in [9.17, 15) is 4.39 Å². The average molecular weight is 352 g/mol. The van der Waals surface area contributed by atoms with Gasteiger partial charge in [0.1, 0.15) is 0 Å². The van der Waals surface area contributed by atoms with E-state index in [1.165, 1.54) is 51.2 Å². The lowest BCUT2D eigenvalue weighted by Gasteiger charge is -2.28. The van der Waals surface area contributed by atoms with Crippen LogP contribution in [-0.4, -0.2) is 7.11 Å². The molecule has 0 atom stereocenters. The first-order chi connectivity index (χ1) is 12.7. The topological polar surface area (TPSA) is 9.23 Å². The summed E-state index contributed by atoms with van der Waals surface area (Å²) in [4.78, 5) is 0. The minimum atomic E-state index is -0.315. The maximum Gasteiger partial charge on any atom is 0.165 e. The number of halogens is 1. The highest BCUT2D eigenvalue weighted by Crippen LogP contribution is 2.38. The molecule has 0 spiro atoms. The minimum absolute atomic E-state index is 0.288. The van der Waals surface area contributed by atoms with Gasteiger partial charge in [0.05, 0.1) is 7.11 Å². The molecule has 2 aromatic carbocycles. The van der Waals surface area contributed by atoms with Crippen LogP contribution in [0.2, 0.25) is 0 Å². The van der Waals surface area contributed by atoms with Crippen molar-refractivity contribution in [2.24, 2.45) is 5.92 Å². The number of hydrogen-bond donors (Lipinski definition) is 0. The minimum Gasteiger partial charge on any atom is -0.494 e. The van der Waals surface area contributed by atoms with Gasteiger partial charge in [0.2, 0.25) is 0 Å². The zero-order valence-corrected chi connectivity index (χ0v) is 15.9. The smallest absolute Gasteiger partial charge is 0.165 e. The molecule has 1 aliphatic rings. The van der Waals surface area contributed by atoms with E-state index in [0.29, 0.717) is 5.92 Å². The molecule has 1 fully saturated rings. The van der Waals surface area contributed by atoms with Crippen LogP contribution in [0.25, 0.3) is 11.1 Å². The van der Waals surface area contributed by atoms with Crippen molar-refractivity contribution in [2.45, 2.75) is 51.4 Å². The van der Waals surface area contributed by atoms with E-state index in [4.69, 9.17) is 4.74 Å². The molecule has 0 N–H and O–H groups in total. The van der Waals surface area contributed by atoms with Crippen molar-refractivity contribution in [3.8, 4) is 16.9 Å². The van der Waals surface area contributed by atoms with Gasteiger partial charge >= 0.3 is 0 Å². The highest BCUT2D eigenvalue weighted by molar-refractivity contribution is 5.64. The van der Waals surface area contributed by atoms with Crippen LogP contribution in [0, 0.1) is 11.7 Å². The molecule has 0 unspecified atom stereocenters.